The van der Waals surface area contributed by atoms with Crippen molar-refractivity contribution in [1.29, 1.82) is 0 Å². The second-order valence-corrected chi connectivity index (χ2v) is 6.52. The van der Waals surface area contributed by atoms with Crippen LogP contribution < -0.4 is 10.2 Å². The standard InChI is InChI=1S/C19H21BrN2O2/c1-13-7-6-10-18(14(13)2)22(15(3)23)12-11-19(24)21-17-9-5-4-8-16(17)20/h4-10H,11-12H2,1-3H3,(H,21,24). The summed E-state index contributed by atoms with van der Waals surface area (Å²) >= 11 is 3.40. The Morgan fingerprint density at radius 1 is 1.08 bits per heavy atom. The molecule has 0 atom stereocenters. The topological polar surface area (TPSA) is 49.4 Å². The summed E-state index contributed by atoms with van der Waals surface area (Å²) in [5.41, 5.74) is 3.76. The molecule has 0 radical (unpaired) electrons. The first kappa shape index (κ1) is 18.2. The first-order valence-corrected chi connectivity index (χ1v) is 8.58. The number of nitrogens with one attached hydrogen (secondary N) is 1. The normalized spacial score (nSPS) is 10.3. The van der Waals surface area contributed by atoms with E-state index < -0.39 is 0 Å². The Balaban J connectivity index is 2.07. The third-order valence-electron chi connectivity index (χ3n) is 3.96. The van der Waals surface area contributed by atoms with Crippen molar-refractivity contribution in [2.24, 2.45) is 0 Å². The predicted octanol–water partition coefficient (Wildman–Crippen LogP) is 4.45. The van der Waals surface area contributed by atoms with Crippen molar-refractivity contribution in [1.82, 2.24) is 0 Å². The van der Waals surface area contributed by atoms with Gasteiger partial charge in [-0.15, -0.1) is 0 Å². The SMILES string of the molecule is CC(=O)N(CCC(=O)Nc1ccccc1Br)c1cccc(C)c1C. The average molecular weight is 389 g/mol. The summed E-state index contributed by atoms with van der Waals surface area (Å²) in [6.45, 7) is 5.86. The minimum atomic E-state index is -0.126. The van der Waals surface area contributed by atoms with Gasteiger partial charge in [-0.25, -0.2) is 0 Å². The van der Waals surface area contributed by atoms with Gasteiger partial charge in [0.15, 0.2) is 0 Å². The molecule has 0 saturated carbocycles. The van der Waals surface area contributed by atoms with E-state index >= 15 is 0 Å². The molecule has 0 heterocycles. The molecule has 2 rings (SSSR count). The van der Waals surface area contributed by atoms with E-state index in [2.05, 4.69) is 21.2 Å². The summed E-state index contributed by atoms with van der Waals surface area (Å²) in [7, 11) is 0. The van der Waals surface area contributed by atoms with E-state index in [0.717, 1.165) is 27.0 Å². The molecule has 24 heavy (non-hydrogen) atoms. The first-order chi connectivity index (χ1) is 11.4. The van der Waals surface area contributed by atoms with Crippen molar-refractivity contribution in [3.8, 4) is 0 Å². The summed E-state index contributed by atoms with van der Waals surface area (Å²) < 4.78 is 0.830. The van der Waals surface area contributed by atoms with Gasteiger partial charge in [-0.05, 0) is 59.1 Å². The van der Waals surface area contributed by atoms with Gasteiger partial charge in [0.2, 0.25) is 11.8 Å². The fourth-order valence-corrected chi connectivity index (χ4v) is 2.85. The van der Waals surface area contributed by atoms with E-state index in [1.165, 1.54) is 6.92 Å². The van der Waals surface area contributed by atoms with Crippen molar-refractivity contribution in [3.63, 3.8) is 0 Å². The number of anilines is 2. The van der Waals surface area contributed by atoms with Crippen molar-refractivity contribution in [2.75, 3.05) is 16.8 Å². The number of rotatable bonds is 5. The molecule has 0 aliphatic rings. The van der Waals surface area contributed by atoms with Gasteiger partial charge in [0.1, 0.15) is 0 Å². The third kappa shape index (κ3) is 4.45. The minimum absolute atomic E-state index is 0.0719. The predicted molar refractivity (Wildman–Crippen MR) is 101 cm³/mol. The molecule has 2 aromatic rings. The number of amides is 2. The molecule has 0 bridgehead atoms. The number of carbonyl (C=O) groups is 2. The number of nitrogens with zero attached hydrogens (tertiary/aromatic N) is 1. The number of halogens is 1. The summed E-state index contributed by atoms with van der Waals surface area (Å²) in [6, 6.07) is 13.3. The number of aryl methyl sites for hydroxylation is 1. The highest BCUT2D eigenvalue weighted by Crippen LogP contribution is 2.24. The highest BCUT2D eigenvalue weighted by molar-refractivity contribution is 9.10. The van der Waals surface area contributed by atoms with E-state index in [4.69, 9.17) is 0 Å². The minimum Gasteiger partial charge on any atom is -0.325 e. The van der Waals surface area contributed by atoms with Gasteiger partial charge in [-0.3, -0.25) is 9.59 Å². The quantitative estimate of drug-likeness (QED) is 0.822. The zero-order chi connectivity index (χ0) is 17.7. The van der Waals surface area contributed by atoms with Gasteiger partial charge >= 0.3 is 0 Å². The Bertz CT molecular complexity index is 759. The number of hydrogen-bond acceptors (Lipinski definition) is 2. The van der Waals surface area contributed by atoms with E-state index in [1.807, 2.05) is 56.3 Å². The molecular formula is C19H21BrN2O2. The third-order valence-corrected chi connectivity index (χ3v) is 4.65. The largest absolute Gasteiger partial charge is 0.325 e. The van der Waals surface area contributed by atoms with Crippen molar-refractivity contribution in [3.05, 3.63) is 58.1 Å². The van der Waals surface area contributed by atoms with Crippen LogP contribution in [0, 0.1) is 13.8 Å². The maximum atomic E-state index is 12.2. The molecule has 0 aliphatic carbocycles. The van der Waals surface area contributed by atoms with Crippen LogP contribution in [0.5, 0.6) is 0 Å². The maximum Gasteiger partial charge on any atom is 0.226 e. The lowest BCUT2D eigenvalue weighted by molar-refractivity contribution is -0.117. The Kier molecular flexibility index (Phi) is 6.15. The summed E-state index contributed by atoms with van der Waals surface area (Å²) in [6.07, 6.45) is 0.230. The van der Waals surface area contributed by atoms with Crippen LogP contribution in [-0.2, 0) is 9.59 Å². The van der Waals surface area contributed by atoms with Crippen LogP contribution in [0.15, 0.2) is 46.9 Å². The molecule has 2 aromatic carbocycles. The zero-order valence-electron chi connectivity index (χ0n) is 14.1. The molecule has 0 fully saturated rings. The molecule has 5 heteroatoms. The molecular weight excluding hydrogens is 368 g/mol. The molecule has 0 aliphatic heterocycles. The molecule has 0 unspecified atom stereocenters. The van der Waals surface area contributed by atoms with E-state index in [1.54, 1.807) is 4.90 Å². The second kappa shape index (κ2) is 8.11. The number of hydrogen-bond donors (Lipinski definition) is 1. The van der Waals surface area contributed by atoms with Crippen LogP contribution in [0.25, 0.3) is 0 Å². The van der Waals surface area contributed by atoms with Crippen LogP contribution in [0.3, 0.4) is 0 Å². The number of para-hydroxylation sites is 1. The van der Waals surface area contributed by atoms with Gasteiger partial charge in [0.25, 0.3) is 0 Å². The summed E-state index contributed by atoms with van der Waals surface area (Å²) in [5.74, 6) is -0.198. The Hall–Kier alpha value is -2.14. The molecule has 1 N–H and O–H groups in total. The number of carbonyl (C=O) groups excluding carboxylic acids is 2. The lowest BCUT2D eigenvalue weighted by Gasteiger charge is -2.23. The smallest absolute Gasteiger partial charge is 0.226 e. The molecule has 126 valence electrons. The second-order valence-electron chi connectivity index (χ2n) is 5.67. The number of benzene rings is 2. The van der Waals surface area contributed by atoms with Gasteiger partial charge in [0, 0.05) is 30.0 Å². The Labute approximate surface area is 151 Å². The van der Waals surface area contributed by atoms with E-state index in [0.29, 0.717) is 6.54 Å². The monoisotopic (exact) mass is 388 g/mol. The lowest BCUT2D eigenvalue weighted by Crippen LogP contribution is -2.32. The van der Waals surface area contributed by atoms with Crippen molar-refractivity contribution in [2.45, 2.75) is 27.2 Å². The van der Waals surface area contributed by atoms with Crippen LogP contribution in [0.4, 0.5) is 11.4 Å². The Morgan fingerprint density at radius 3 is 2.46 bits per heavy atom. The molecule has 2 amide bonds. The van der Waals surface area contributed by atoms with Gasteiger partial charge in [-0.1, -0.05) is 24.3 Å². The van der Waals surface area contributed by atoms with Crippen LogP contribution in [-0.4, -0.2) is 18.4 Å². The lowest BCUT2D eigenvalue weighted by atomic mass is 10.1. The van der Waals surface area contributed by atoms with Gasteiger partial charge in [0.05, 0.1) is 5.69 Å². The molecule has 0 saturated heterocycles. The molecule has 4 nitrogen and oxygen atoms in total. The van der Waals surface area contributed by atoms with Crippen molar-refractivity contribution >= 4 is 39.1 Å². The van der Waals surface area contributed by atoms with Gasteiger partial charge in [-0.2, -0.15) is 0 Å². The first-order valence-electron chi connectivity index (χ1n) is 7.79. The zero-order valence-corrected chi connectivity index (χ0v) is 15.7. The molecule has 0 spiro atoms. The summed E-state index contributed by atoms with van der Waals surface area (Å²) in [4.78, 5) is 25.9. The average Bonchev–Trinajstić information content (AvgIpc) is 2.53. The Morgan fingerprint density at radius 2 is 1.79 bits per heavy atom. The molecule has 0 aromatic heterocycles. The fraction of sp³-hybridized carbons (Fsp3) is 0.263. The van der Waals surface area contributed by atoms with E-state index in [-0.39, 0.29) is 18.2 Å². The van der Waals surface area contributed by atoms with Crippen LogP contribution in [0.1, 0.15) is 24.5 Å². The van der Waals surface area contributed by atoms with Crippen molar-refractivity contribution < 1.29 is 9.59 Å². The highest BCUT2D eigenvalue weighted by Gasteiger charge is 2.16. The highest BCUT2D eigenvalue weighted by atomic mass is 79.9. The van der Waals surface area contributed by atoms with Crippen LogP contribution >= 0.6 is 15.9 Å². The fourth-order valence-electron chi connectivity index (χ4n) is 2.46. The van der Waals surface area contributed by atoms with Gasteiger partial charge < -0.3 is 10.2 Å². The maximum absolute atomic E-state index is 12.2. The van der Waals surface area contributed by atoms with E-state index in [9.17, 15) is 9.59 Å². The van der Waals surface area contributed by atoms with Crippen LogP contribution in [0.2, 0.25) is 0 Å². The summed E-state index contributed by atoms with van der Waals surface area (Å²) in [5, 5.41) is 2.86.